The number of nitrogens with zero attached hydrogens (tertiary/aromatic N) is 1. The van der Waals surface area contributed by atoms with E-state index in [2.05, 4.69) is 17.4 Å². The highest BCUT2D eigenvalue weighted by Crippen LogP contribution is 2.45. The predicted molar refractivity (Wildman–Crippen MR) is 112 cm³/mol. The second kappa shape index (κ2) is 9.24. The van der Waals surface area contributed by atoms with Crippen LogP contribution in [0.15, 0.2) is 48.5 Å². The summed E-state index contributed by atoms with van der Waals surface area (Å²) in [6.45, 7) is 0.535. The minimum absolute atomic E-state index is 0.0298. The summed E-state index contributed by atoms with van der Waals surface area (Å²) < 4.78 is 6.13. The van der Waals surface area contributed by atoms with Crippen LogP contribution in [0, 0.1) is 0 Å². The van der Waals surface area contributed by atoms with Crippen molar-refractivity contribution >= 4 is 35.1 Å². The Labute approximate surface area is 163 Å². The summed E-state index contributed by atoms with van der Waals surface area (Å²) in [7, 11) is 4.01. The summed E-state index contributed by atoms with van der Waals surface area (Å²) in [6, 6.07) is 16.2. The molecule has 2 aromatic carbocycles. The molecule has 1 N–H and O–H groups in total. The van der Waals surface area contributed by atoms with Gasteiger partial charge in [0.15, 0.2) is 6.61 Å². The first-order chi connectivity index (χ1) is 12.6. The number of hydrogen-bond donors (Lipinski definition) is 1. The number of carbonyl (C=O) groups is 1. The Bertz CT molecular complexity index is 712. The SMILES string of the molecule is CN(C)c1ccc(CNC(=O)COc2ccc(C3SCCS3)cc2)cc1. The van der Waals surface area contributed by atoms with Gasteiger partial charge in [-0.3, -0.25) is 4.79 Å². The van der Waals surface area contributed by atoms with Gasteiger partial charge in [0, 0.05) is 37.8 Å². The average molecular weight is 389 g/mol. The fourth-order valence-electron chi connectivity index (χ4n) is 2.58. The molecule has 1 aliphatic heterocycles. The minimum Gasteiger partial charge on any atom is -0.484 e. The highest BCUT2D eigenvalue weighted by molar-refractivity contribution is 8.19. The Hall–Kier alpha value is -1.79. The molecular weight excluding hydrogens is 364 g/mol. The van der Waals surface area contributed by atoms with Crippen LogP contribution in [0.2, 0.25) is 0 Å². The number of carbonyl (C=O) groups excluding carboxylic acids is 1. The number of hydrogen-bond acceptors (Lipinski definition) is 5. The molecule has 3 rings (SSSR count). The molecule has 0 spiro atoms. The molecule has 1 fully saturated rings. The van der Waals surface area contributed by atoms with E-state index in [1.807, 2.05) is 78.9 Å². The van der Waals surface area contributed by atoms with Gasteiger partial charge >= 0.3 is 0 Å². The van der Waals surface area contributed by atoms with Gasteiger partial charge in [-0.15, -0.1) is 23.5 Å². The first-order valence-electron chi connectivity index (χ1n) is 8.61. The van der Waals surface area contributed by atoms with E-state index in [4.69, 9.17) is 4.74 Å². The zero-order chi connectivity index (χ0) is 18.4. The van der Waals surface area contributed by atoms with E-state index >= 15 is 0 Å². The van der Waals surface area contributed by atoms with Crippen molar-refractivity contribution in [1.29, 1.82) is 0 Å². The van der Waals surface area contributed by atoms with Gasteiger partial charge in [0.05, 0.1) is 4.58 Å². The van der Waals surface area contributed by atoms with Crippen LogP contribution in [0.4, 0.5) is 5.69 Å². The van der Waals surface area contributed by atoms with E-state index in [0.717, 1.165) is 17.0 Å². The first kappa shape index (κ1) is 19.0. The van der Waals surface area contributed by atoms with Gasteiger partial charge in [0.25, 0.3) is 5.91 Å². The maximum Gasteiger partial charge on any atom is 0.258 e. The fourth-order valence-corrected chi connectivity index (χ4v) is 5.44. The van der Waals surface area contributed by atoms with E-state index < -0.39 is 0 Å². The Morgan fingerprint density at radius 1 is 1.08 bits per heavy atom. The third-order valence-corrected chi connectivity index (χ3v) is 7.19. The average Bonchev–Trinajstić information content (AvgIpc) is 3.20. The molecule has 138 valence electrons. The van der Waals surface area contributed by atoms with Crippen molar-refractivity contribution in [3.8, 4) is 5.75 Å². The second-order valence-electron chi connectivity index (χ2n) is 6.27. The highest BCUT2D eigenvalue weighted by Gasteiger charge is 2.17. The van der Waals surface area contributed by atoms with Gasteiger partial charge in [-0.05, 0) is 35.4 Å². The van der Waals surface area contributed by atoms with Crippen LogP contribution in [0.1, 0.15) is 15.7 Å². The predicted octanol–water partition coefficient (Wildman–Crippen LogP) is 3.93. The van der Waals surface area contributed by atoms with E-state index in [-0.39, 0.29) is 12.5 Å². The number of nitrogens with one attached hydrogen (secondary N) is 1. The van der Waals surface area contributed by atoms with E-state index in [1.165, 1.54) is 17.1 Å². The molecule has 0 aromatic heterocycles. The Morgan fingerprint density at radius 2 is 1.73 bits per heavy atom. The van der Waals surface area contributed by atoms with Crippen LogP contribution in [0.3, 0.4) is 0 Å². The van der Waals surface area contributed by atoms with Crippen molar-refractivity contribution < 1.29 is 9.53 Å². The van der Waals surface area contributed by atoms with Crippen LogP contribution >= 0.6 is 23.5 Å². The van der Waals surface area contributed by atoms with Crippen molar-refractivity contribution in [2.75, 3.05) is 37.1 Å². The molecule has 0 bridgehead atoms. The summed E-state index contributed by atoms with van der Waals surface area (Å²) in [5.74, 6) is 3.04. The van der Waals surface area contributed by atoms with E-state index in [1.54, 1.807) is 0 Å². The van der Waals surface area contributed by atoms with Gasteiger partial charge in [-0.1, -0.05) is 24.3 Å². The van der Waals surface area contributed by atoms with Crippen LogP contribution in [0.5, 0.6) is 5.75 Å². The zero-order valence-electron chi connectivity index (χ0n) is 15.1. The number of amides is 1. The fraction of sp³-hybridized carbons (Fsp3) is 0.350. The molecule has 2 aromatic rings. The van der Waals surface area contributed by atoms with E-state index in [0.29, 0.717) is 11.1 Å². The first-order valence-corrected chi connectivity index (χ1v) is 10.7. The number of rotatable bonds is 7. The summed E-state index contributed by atoms with van der Waals surface area (Å²) in [4.78, 5) is 14.0. The monoisotopic (exact) mass is 388 g/mol. The number of ether oxygens (including phenoxy) is 1. The van der Waals surface area contributed by atoms with Gasteiger partial charge in [0.1, 0.15) is 5.75 Å². The van der Waals surface area contributed by atoms with Crippen molar-refractivity contribution in [3.63, 3.8) is 0 Å². The topological polar surface area (TPSA) is 41.6 Å². The molecule has 1 amide bonds. The summed E-state index contributed by atoms with van der Waals surface area (Å²) in [6.07, 6.45) is 0. The molecule has 1 aliphatic rings. The summed E-state index contributed by atoms with van der Waals surface area (Å²) >= 11 is 3.96. The van der Waals surface area contributed by atoms with Crippen molar-refractivity contribution in [2.24, 2.45) is 0 Å². The molecule has 0 radical (unpaired) electrons. The van der Waals surface area contributed by atoms with Crippen molar-refractivity contribution in [2.45, 2.75) is 11.1 Å². The van der Waals surface area contributed by atoms with Crippen molar-refractivity contribution in [3.05, 3.63) is 59.7 Å². The maximum atomic E-state index is 12.0. The smallest absolute Gasteiger partial charge is 0.258 e. The maximum absolute atomic E-state index is 12.0. The number of anilines is 1. The molecular formula is C20H24N2O2S2. The Morgan fingerprint density at radius 3 is 2.35 bits per heavy atom. The van der Waals surface area contributed by atoms with E-state index in [9.17, 15) is 4.79 Å². The second-order valence-corrected chi connectivity index (χ2v) is 8.99. The van der Waals surface area contributed by atoms with Gasteiger partial charge < -0.3 is 15.0 Å². The van der Waals surface area contributed by atoms with Crippen molar-refractivity contribution in [1.82, 2.24) is 5.32 Å². The quantitative estimate of drug-likeness (QED) is 0.778. The van der Waals surface area contributed by atoms with Gasteiger partial charge in [0.2, 0.25) is 0 Å². The minimum atomic E-state index is -0.118. The van der Waals surface area contributed by atoms with Gasteiger partial charge in [-0.2, -0.15) is 0 Å². The lowest BCUT2D eigenvalue weighted by Gasteiger charge is -2.13. The molecule has 4 nitrogen and oxygen atoms in total. The standard InChI is InChI=1S/C20H24N2O2S2/c1-22(2)17-7-3-15(4-8-17)13-21-19(23)14-24-18-9-5-16(6-10-18)20-25-11-12-26-20/h3-10,20H,11-14H2,1-2H3,(H,21,23). The summed E-state index contributed by atoms with van der Waals surface area (Å²) in [5, 5.41) is 2.89. The molecule has 0 unspecified atom stereocenters. The molecule has 0 atom stereocenters. The molecule has 0 aliphatic carbocycles. The lowest BCUT2D eigenvalue weighted by atomic mass is 10.2. The largest absolute Gasteiger partial charge is 0.484 e. The number of benzene rings is 2. The Kier molecular flexibility index (Phi) is 6.74. The highest BCUT2D eigenvalue weighted by atomic mass is 32.2. The summed E-state index contributed by atoms with van der Waals surface area (Å²) in [5.41, 5.74) is 3.52. The van der Waals surface area contributed by atoms with Crippen LogP contribution in [-0.2, 0) is 11.3 Å². The molecule has 26 heavy (non-hydrogen) atoms. The lowest BCUT2D eigenvalue weighted by molar-refractivity contribution is -0.123. The van der Waals surface area contributed by atoms with Crippen LogP contribution in [-0.4, -0.2) is 38.1 Å². The molecule has 1 saturated heterocycles. The lowest BCUT2D eigenvalue weighted by Crippen LogP contribution is -2.28. The molecule has 0 saturated carbocycles. The Balaban J connectivity index is 1.42. The van der Waals surface area contributed by atoms with Gasteiger partial charge in [-0.25, -0.2) is 0 Å². The van der Waals surface area contributed by atoms with Crippen LogP contribution in [0.25, 0.3) is 0 Å². The van der Waals surface area contributed by atoms with Crippen LogP contribution < -0.4 is 15.0 Å². The number of thioether (sulfide) groups is 2. The molecule has 1 heterocycles. The molecule has 6 heteroatoms. The normalized spacial score (nSPS) is 14.2. The third-order valence-electron chi connectivity index (χ3n) is 4.09. The third kappa shape index (κ3) is 5.35. The zero-order valence-corrected chi connectivity index (χ0v) is 16.7.